The molecule has 1 fully saturated rings. The van der Waals surface area contributed by atoms with E-state index in [0.717, 1.165) is 24.1 Å². The van der Waals surface area contributed by atoms with E-state index in [0.29, 0.717) is 13.1 Å². The Bertz CT molecular complexity index is 749. The zero-order chi connectivity index (χ0) is 17.8. The molecule has 0 atom stereocenters. The number of benzene rings is 1. The number of carboxylic acids is 1. The number of aromatic carboxylic acids is 1. The van der Waals surface area contributed by atoms with E-state index in [1.807, 2.05) is 30.3 Å². The monoisotopic (exact) mass is 343 g/mol. The highest BCUT2D eigenvalue weighted by Crippen LogP contribution is 2.28. The number of hydrogen-bond donors (Lipinski definition) is 1. The van der Waals surface area contributed by atoms with Crippen molar-refractivity contribution in [3.05, 3.63) is 53.3 Å². The molecule has 0 spiro atoms. The van der Waals surface area contributed by atoms with E-state index in [-0.39, 0.29) is 24.3 Å². The van der Waals surface area contributed by atoms with Gasteiger partial charge >= 0.3 is 12.1 Å². The van der Waals surface area contributed by atoms with Crippen LogP contribution in [-0.4, -0.2) is 44.9 Å². The predicted molar refractivity (Wildman–Crippen MR) is 90.3 cm³/mol. The van der Waals surface area contributed by atoms with Crippen LogP contribution in [-0.2, 0) is 18.4 Å². The molecule has 1 aromatic heterocycles. The second-order valence-electron chi connectivity index (χ2n) is 6.18. The molecule has 3 rings (SSSR count). The SMILES string of the molecule is Cn1nc(C2CCN(C(=O)OCc3ccccc3)CC2)cc1C(=O)O. The molecule has 1 N–H and O–H groups in total. The standard InChI is InChI=1S/C18H21N3O4/c1-20-16(17(22)23)11-15(19-20)14-7-9-21(10-8-14)18(24)25-12-13-5-3-2-4-6-13/h2-6,11,14H,7-10,12H2,1H3,(H,22,23). The van der Waals surface area contributed by atoms with Crippen LogP contribution >= 0.6 is 0 Å². The van der Waals surface area contributed by atoms with Crippen molar-refractivity contribution in [3.63, 3.8) is 0 Å². The maximum atomic E-state index is 12.2. The van der Waals surface area contributed by atoms with Gasteiger partial charge in [0.15, 0.2) is 0 Å². The lowest BCUT2D eigenvalue weighted by molar-refractivity contribution is 0.0684. The number of carbonyl (C=O) groups is 2. The quantitative estimate of drug-likeness (QED) is 0.922. The Kier molecular flexibility index (Phi) is 5.02. The number of rotatable bonds is 4. The summed E-state index contributed by atoms with van der Waals surface area (Å²) in [6, 6.07) is 11.2. The van der Waals surface area contributed by atoms with Crippen LogP contribution in [0.25, 0.3) is 0 Å². The highest BCUT2D eigenvalue weighted by Gasteiger charge is 2.27. The van der Waals surface area contributed by atoms with E-state index in [4.69, 9.17) is 9.84 Å². The summed E-state index contributed by atoms with van der Waals surface area (Å²) in [6.45, 7) is 1.43. The molecule has 1 aliphatic heterocycles. The fourth-order valence-corrected chi connectivity index (χ4v) is 3.06. The van der Waals surface area contributed by atoms with E-state index in [1.165, 1.54) is 4.68 Å². The first-order valence-electron chi connectivity index (χ1n) is 8.27. The van der Waals surface area contributed by atoms with Gasteiger partial charge in [0.05, 0.1) is 5.69 Å². The third kappa shape index (κ3) is 3.99. The molecule has 7 nitrogen and oxygen atoms in total. The highest BCUT2D eigenvalue weighted by molar-refractivity contribution is 5.85. The van der Waals surface area contributed by atoms with Gasteiger partial charge in [0, 0.05) is 26.1 Å². The summed E-state index contributed by atoms with van der Waals surface area (Å²) < 4.78 is 6.74. The van der Waals surface area contributed by atoms with Gasteiger partial charge in [-0.15, -0.1) is 0 Å². The molecule has 132 valence electrons. The molecular weight excluding hydrogens is 322 g/mol. The van der Waals surface area contributed by atoms with E-state index in [2.05, 4.69) is 5.10 Å². The Hall–Kier alpha value is -2.83. The van der Waals surface area contributed by atoms with E-state index in [1.54, 1.807) is 18.0 Å². The summed E-state index contributed by atoms with van der Waals surface area (Å²) in [4.78, 5) is 25.0. The number of aromatic nitrogens is 2. The van der Waals surface area contributed by atoms with Gasteiger partial charge in [0.2, 0.25) is 0 Å². The maximum absolute atomic E-state index is 12.2. The average molecular weight is 343 g/mol. The molecule has 1 saturated heterocycles. The van der Waals surface area contributed by atoms with Crippen LogP contribution < -0.4 is 0 Å². The summed E-state index contributed by atoms with van der Waals surface area (Å²) in [5.74, 6) is -0.819. The van der Waals surface area contributed by atoms with Crippen LogP contribution in [0.2, 0.25) is 0 Å². The zero-order valence-corrected chi connectivity index (χ0v) is 14.1. The molecule has 1 aliphatic rings. The van der Waals surface area contributed by atoms with Crippen LogP contribution in [0.4, 0.5) is 4.79 Å². The molecule has 7 heteroatoms. The molecule has 2 aromatic rings. The summed E-state index contributed by atoms with van der Waals surface area (Å²) in [7, 11) is 1.63. The normalized spacial score (nSPS) is 15.2. The molecule has 2 heterocycles. The van der Waals surface area contributed by atoms with Gasteiger partial charge in [-0.25, -0.2) is 9.59 Å². The maximum Gasteiger partial charge on any atom is 0.410 e. The largest absolute Gasteiger partial charge is 0.477 e. The number of ether oxygens (including phenoxy) is 1. The summed E-state index contributed by atoms with van der Waals surface area (Å²) >= 11 is 0. The average Bonchev–Trinajstić information content (AvgIpc) is 3.03. The first-order valence-corrected chi connectivity index (χ1v) is 8.27. The van der Waals surface area contributed by atoms with Crippen molar-refractivity contribution in [1.29, 1.82) is 0 Å². The number of piperidine rings is 1. The lowest BCUT2D eigenvalue weighted by Gasteiger charge is -2.30. The number of hydrogen-bond acceptors (Lipinski definition) is 4. The molecular formula is C18H21N3O4. The lowest BCUT2D eigenvalue weighted by Crippen LogP contribution is -2.38. The Morgan fingerprint density at radius 1 is 1.24 bits per heavy atom. The highest BCUT2D eigenvalue weighted by atomic mass is 16.6. The van der Waals surface area contributed by atoms with Gasteiger partial charge in [0.1, 0.15) is 12.3 Å². The lowest BCUT2D eigenvalue weighted by atomic mass is 9.93. The van der Waals surface area contributed by atoms with Crippen LogP contribution in [0, 0.1) is 0 Å². The summed E-state index contributed by atoms with van der Waals surface area (Å²) in [6.07, 6.45) is 1.18. The van der Waals surface area contributed by atoms with E-state index in [9.17, 15) is 9.59 Å². The Morgan fingerprint density at radius 2 is 1.92 bits per heavy atom. The smallest absolute Gasteiger partial charge is 0.410 e. The number of carbonyl (C=O) groups excluding carboxylic acids is 1. The molecule has 1 aromatic carbocycles. The molecule has 0 bridgehead atoms. The zero-order valence-electron chi connectivity index (χ0n) is 14.1. The van der Waals surface area contributed by atoms with Crippen molar-refractivity contribution in [2.45, 2.75) is 25.4 Å². The van der Waals surface area contributed by atoms with Gasteiger partial charge < -0.3 is 14.7 Å². The number of aryl methyl sites for hydroxylation is 1. The van der Waals surface area contributed by atoms with Gasteiger partial charge in [-0.1, -0.05) is 30.3 Å². The molecule has 0 saturated carbocycles. The van der Waals surface area contributed by atoms with Crippen LogP contribution in [0.1, 0.15) is 40.5 Å². The minimum atomic E-state index is -0.983. The fraction of sp³-hybridized carbons (Fsp3) is 0.389. The van der Waals surface area contributed by atoms with Gasteiger partial charge in [-0.3, -0.25) is 4.68 Å². The van der Waals surface area contributed by atoms with Crippen molar-refractivity contribution in [3.8, 4) is 0 Å². The van der Waals surface area contributed by atoms with Crippen molar-refractivity contribution in [2.24, 2.45) is 7.05 Å². The van der Waals surface area contributed by atoms with E-state index >= 15 is 0 Å². The first kappa shape index (κ1) is 17.0. The van der Waals surface area contributed by atoms with Crippen LogP contribution in [0.3, 0.4) is 0 Å². The number of carboxylic acid groups (broad SMARTS) is 1. The number of likely N-dealkylation sites (tertiary alicyclic amines) is 1. The van der Waals surface area contributed by atoms with Crippen LogP contribution in [0.15, 0.2) is 36.4 Å². The van der Waals surface area contributed by atoms with Crippen LogP contribution in [0.5, 0.6) is 0 Å². The minimum absolute atomic E-state index is 0.164. The third-order valence-electron chi connectivity index (χ3n) is 4.49. The van der Waals surface area contributed by atoms with Gasteiger partial charge in [-0.2, -0.15) is 5.10 Å². The first-order chi connectivity index (χ1) is 12.0. The predicted octanol–water partition coefficient (Wildman–Crippen LogP) is 2.63. The third-order valence-corrected chi connectivity index (χ3v) is 4.49. The van der Waals surface area contributed by atoms with Crippen molar-refractivity contribution >= 4 is 12.1 Å². The number of nitrogens with zero attached hydrogens (tertiary/aromatic N) is 3. The Balaban J connectivity index is 1.52. The van der Waals surface area contributed by atoms with Gasteiger partial charge in [0.25, 0.3) is 0 Å². The second-order valence-corrected chi connectivity index (χ2v) is 6.18. The fourth-order valence-electron chi connectivity index (χ4n) is 3.06. The Labute approximate surface area is 145 Å². The summed E-state index contributed by atoms with van der Waals surface area (Å²) in [5, 5.41) is 13.4. The molecule has 1 amide bonds. The van der Waals surface area contributed by atoms with Crippen molar-refractivity contribution in [2.75, 3.05) is 13.1 Å². The number of amides is 1. The molecule has 0 radical (unpaired) electrons. The van der Waals surface area contributed by atoms with Crippen molar-refractivity contribution in [1.82, 2.24) is 14.7 Å². The van der Waals surface area contributed by atoms with E-state index < -0.39 is 5.97 Å². The molecule has 25 heavy (non-hydrogen) atoms. The molecule has 0 aliphatic carbocycles. The summed E-state index contributed by atoms with van der Waals surface area (Å²) in [5.41, 5.74) is 1.91. The Morgan fingerprint density at radius 3 is 2.52 bits per heavy atom. The second kappa shape index (κ2) is 7.38. The topological polar surface area (TPSA) is 84.7 Å². The minimum Gasteiger partial charge on any atom is -0.477 e. The van der Waals surface area contributed by atoms with Gasteiger partial charge in [-0.05, 0) is 24.5 Å². The van der Waals surface area contributed by atoms with Crippen molar-refractivity contribution < 1.29 is 19.4 Å². The molecule has 0 unspecified atom stereocenters.